The number of amides is 1. The lowest BCUT2D eigenvalue weighted by Crippen LogP contribution is -2.51. The van der Waals surface area contributed by atoms with Gasteiger partial charge in [-0.3, -0.25) is 9.69 Å². The van der Waals surface area contributed by atoms with E-state index in [2.05, 4.69) is 5.32 Å². The molecule has 0 aromatic rings. The van der Waals surface area contributed by atoms with E-state index in [1.807, 2.05) is 11.9 Å². The molecule has 22 heavy (non-hydrogen) atoms. The van der Waals surface area contributed by atoms with Crippen molar-refractivity contribution in [3.63, 3.8) is 0 Å². The highest BCUT2D eigenvalue weighted by molar-refractivity contribution is 5.85. The standard InChI is InChI=1S/C14H24F3N3O.ClH/c1-18-12-5-3-6-19(9-12)10-13(21)20-7-2-4-11(8-20)14(15,16)17;/h11-12,18H,2-10H2,1H3;1H. The van der Waals surface area contributed by atoms with Crippen molar-refractivity contribution in [2.24, 2.45) is 5.92 Å². The van der Waals surface area contributed by atoms with Gasteiger partial charge in [0.1, 0.15) is 0 Å². The molecule has 130 valence electrons. The third-order valence-electron chi connectivity index (χ3n) is 4.51. The number of carbonyl (C=O) groups is 1. The summed E-state index contributed by atoms with van der Waals surface area (Å²) in [5.74, 6) is -1.53. The number of likely N-dealkylation sites (tertiary alicyclic amines) is 2. The van der Waals surface area contributed by atoms with Gasteiger partial charge in [-0.15, -0.1) is 12.4 Å². The maximum atomic E-state index is 12.8. The van der Waals surface area contributed by atoms with E-state index in [4.69, 9.17) is 0 Å². The van der Waals surface area contributed by atoms with Crippen molar-refractivity contribution in [2.45, 2.75) is 37.9 Å². The lowest BCUT2D eigenvalue weighted by atomic mass is 9.97. The Hall–Kier alpha value is -0.530. The number of nitrogens with one attached hydrogen (secondary N) is 1. The molecule has 0 aliphatic carbocycles. The Morgan fingerprint density at radius 2 is 1.86 bits per heavy atom. The number of halogens is 4. The van der Waals surface area contributed by atoms with Crippen LogP contribution in [0, 0.1) is 5.92 Å². The van der Waals surface area contributed by atoms with Crippen molar-refractivity contribution < 1.29 is 18.0 Å². The normalized spacial score (nSPS) is 27.4. The second-order valence-corrected chi connectivity index (χ2v) is 6.08. The third-order valence-corrected chi connectivity index (χ3v) is 4.51. The number of alkyl halides is 3. The highest BCUT2D eigenvalue weighted by Crippen LogP contribution is 2.33. The Morgan fingerprint density at radius 3 is 2.50 bits per heavy atom. The molecule has 2 aliphatic rings. The van der Waals surface area contributed by atoms with Crippen LogP contribution in [0.1, 0.15) is 25.7 Å². The zero-order valence-corrected chi connectivity index (χ0v) is 13.7. The molecule has 2 saturated heterocycles. The molecule has 0 radical (unpaired) electrons. The van der Waals surface area contributed by atoms with Gasteiger partial charge in [0.15, 0.2) is 0 Å². The van der Waals surface area contributed by atoms with Crippen LogP contribution in [0.25, 0.3) is 0 Å². The monoisotopic (exact) mass is 343 g/mol. The maximum Gasteiger partial charge on any atom is 0.393 e. The molecule has 2 aliphatic heterocycles. The molecule has 2 rings (SSSR count). The van der Waals surface area contributed by atoms with Gasteiger partial charge in [0.2, 0.25) is 5.91 Å². The summed E-state index contributed by atoms with van der Waals surface area (Å²) in [6.45, 7) is 2.16. The van der Waals surface area contributed by atoms with Crippen LogP contribution in [0.2, 0.25) is 0 Å². The molecule has 2 unspecified atom stereocenters. The number of piperidine rings is 2. The van der Waals surface area contributed by atoms with Crippen molar-refractivity contribution >= 4 is 18.3 Å². The Labute approximate surface area is 135 Å². The zero-order valence-electron chi connectivity index (χ0n) is 12.9. The summed E-state index contributed by atoms with van der Waals surface area (Å²) in [4.78, 5) is 15.7. The van der Waals surface area contributed by atoms with Crippen molar-refractivity contribution in [1.29, 1.82) is 0 Å². The molecule has 0 bridgehead atoms. The van der Waals surface area contributed by atoms with Crippen LogP contribution >= 0.6 is 12.4 Å². The second-order valence-electron chi connectivity index (χ2n) is 6.08. The van der Waals surface area contributed by atoms with Gasteiger partial charge in [-0.05, 0) is 39.3 Å². The number of carbonyl (C=O) groups excluding carboxylic acids is 1. The summed E-state index contributed by atoms with van der Waals surface area (Å²) >= 11 is 0. The quantitative estimate of drug-likeness (QED) is 0.850. The third kappa shape index (κ3) is 5.28. The fourth-order valence-electron chi connectivity index (χ4n) is 3.20. The minimum absolute atomic E-state index is 0. The molecule has 8 heteroatoms. The van der Waals surface area contributed by atoms with E-state index in [1.54, 1.807) is 0 Å². The summed E-state index contributed by atoms with van der Waals surface area (Å²) in [7, 11) is 1.90. The van der Waals surface area contributed by atoms with Gasteiger partial charge in [-0.25, -0.2) is 0 Å². The minimum Gasteiger partial charge on any atom is -0.341 e. The smallest absolute Gasteiger partial charge is 0.341 e. The average molecular weight is 344 g/mol. The van der Waals surface area contributed by atoms with Crippen molar-refractivity contribution in [2.75, 3.05) is 39.8 Å². The molecule has 0 saturated carbocycles. The van der Waals surface area contributed by atoms with Crippen LogP contribution in [-0.4, -0.2) is 67.7 Å². The van der Waals surface area contributed by atoms with E-state index in [9.17, 15) is 18.0 Å². The lowest BCUT2D eigenvalue weighted by molar-refractivity contribution is -0.188. The molecule has 2 atom stereocenters. The number of likely N-dealkylation sites (N-methyl/N-ethyl adjacent to an activating group) is 1. The van der Waals surface area contributed by atoms with E-state index in [0.717, 1.165) is 25.9 Å². The van der Waals surface area contributed by atoms with Gasteiger partial charge in [0, 0.05) is 25.7 Å². The van der Waals surface area contributed by atoms with E-state index in [-0.39, 0.29) is 37.8 Å². The fraction of sp³-hybridized carbons (Fsp3) is 0.929. The van der Waals surface area contributed by atoms with E-state index < -0.39 is 12.1 Å². The van der Waals surface area contributed by atoms with E-state index in [1.165, 1.54) is 4.90 Å². The first kappa shape index (κ1) is 19.5. The van der Waals surface area contributed by atoms with Crippen molar-refractivity contribution in [3.8, 4) is 0 Å². The largest absolute Gasteiger partial charge is 0.393 e. The molecular formula is C14H25ClF3N3O. The van der Waals surface area contributed by atoms with Crippen molar-refractivity contribution in [1.82, 2.24) is 15.1 Å². The van der Waals surface area contributed by atoms with Gasteiger partial charge in [0.25, 0.3) is 0 Å². The predicted octanol–water partition coefficient (Wildman–Crippen LogP) is 1.89. The van der Waals surface area contributed by atoms with Crippen LogP contribution < -0.4 is 5.32 Å². The van der Waals surface area contributed by atoms with Crippen LogP contribution in [0.3, 0.4) is 0 Å². The van der Waals surface area contributed by atoms with E-state index in [0.29, 0.717) is 19.0 Å². The molecule has 1 N–H and O–H groups in total. The summed E-state index contributed by atoms with van der Waals surface area (Å²) in [6.07, 6.45) is -1.51. The summed E-state index contributed by atoms with van der Waals surface area (Å²) in [6, 6.07) is 0.371. The number of rotatable bonds is 3. The Kier molecular flexibility index (Phi) is 7.41. The van der Waals surface area contributed by atoms with Gasteiger partial charge in [-0.1, -0.05) is 0 Å². The molecule has 2 heterocycles. The molecule has 2 fully saturated rings. The first-order valence-corrected chi connectivity index (χ1v) is 7.64. The van der Waals surface area contributed by atoms with E-state index >= 15 is 0 Å². The second kappa shape index (κ2) is 8.36. The number of nitrogens with zero attached hydrogens (tertiary/aromatic N) is 2. The van der Waals surface area contributed by atoms with Gasteiger partial charge in [-0.2, -0.15) is 13.2 Å². The Bertz CT molecular complexity index is 368. The maximum absolute atomic E-state index is 12.8. The highest BCUT2D eigenvalue weighted by Gasteiger charge is 2.42. The first-order valence-electron chi connectivity index (χ1n) is 7.64. The van der Waals surface area contributed by atoms with Crippen LogP contribution in [0.4, 0.5) is 13.2 Å². The SMILES string of the molecule is CNC1CCCN(CC(=O)N2CCCC(C(F)(F)F)C2)C1.Cl. The molecule has 1 amide bonds. The topological polar surface area (TPSA) is 35.6 Å². The summed E-state index contributed by atoms with van der Waals surface area (Å²) < 4.78 is 38.3. The lowest BCUT2D eigenvalue weighted by Gasteiger charge is -2.37. The first-order chi connectivity index (χ1) is 9.90. The van der Waals surface area contributed by atoms with Gasteiger partial charge >= 0.3 is 6.18 Å². The Balaban J connectivity index is 0.00000242. The number of hydrogen-bond donors (Lipinski definition) is 1. The van der Waals surface area contributed by atoms with Gasteiger partial charge < -0.3 is 10.2 Å². The summed E-state index contributed by atoms with van der Waals surface area (Å²) in [5.41, 5.74) is 0. The number of hydrogen-bond acceptors (Lipinski definition) is 3. The zero-order chi connectivity index (χ0) is 15.5. The van der Waals surface area contributed by atoms with Crippen molar-refractivity contribution in [3.05, 3.63) is 0 Å². The average Bonchev–Trinajstić information content (AvgIpc) is 2.46. The molecule has 0 aromatic carbocycles. The van der Waals surface area contributed by atoms with Crippen LogP contribution in [-0.2, 0) is 4.79 Å². The highest BCUT2D eigenvalue weighted by atomic mass is 35.5. The Morgan fingerprint density at radius 1 is 1.18 bits per heavy atom. The molecule has 0 spiro atoms. The van der Waals surface area contributed by atoms with Crippen LogP contribution in [0.5, 0.6) is 0 Å². The van der Waals surface area contributed by atoms with Gasteiger partial charge in [0.05, 0.1) is 12.5 Å². The predicted molar refractivity (Wildman–Crippen MR) is 81.1 cm³/mol. The summed E-state index contributed by atoms with van der Waals surface area (Å²) in [5, 5.41) is 3.20. The molecule has 4 nitrogen and oxygen atoms in total. The fourth-order valence-corrected chi connectivity index (χ4v) is 3.20. The van der Waals surface area contributed by atoms with Crippen LogP contribution in [0.15, 0.2) is 0 Å². The molecular weight excluding hydrogens is 319 g/mol. The minimum atomic E-state index is -4.19. The molecule has 0 aromatic heterocycles.